The third-order valence-corrected chi connectivity index (χ3v) is 5.27. The second-order valence-electron chi connectivity index (χ2n) is 7.51. The van der Waals surface area contributed by atoms with Crippen LogP contribution in [0.4, 0.5) is 19.0 Å². The molecule has 1 atom stereocenters. The van der Waals surface area contributed by atoms with Crippen molar-refractivity contribution in [3.05, 3.63) is 18.3 Å². The van der Waals surface area contributed by atoms with Crippen LogP contribution in [0.15, 0.2) is 18.3 Å². The summed E-state index contributed by atoms with van der Waals surface area (Å²) in [4.78, 5) is 5.90. The summed E-state index contributed by atoms with van der Waals surface area (Å²) >= 11 is 0. The molecule has 2 fully saturated rings. The van der Waals surface area contributed by atoms with Crippen LogP contribution in [0.3, 0.4) is 0 Å². The lowest BCUT2D eigenvalue weighted by Crippen LogP contribution is -2.41. The summed E-state index contributed by atoms with van der Waals surface area (Å²) in [5.74, 6) is -0.756. The van der Waals surface area contributed by atoms with Crippen LogP contribution in [0.1, 0.15) is 34.1 Å². The predicted octanol–water partition coefficient (Wildman–Crippen LogP) is 2.77. The summed E-state index contributed by atoms with van der Waals surface area (Å²) in [5.41, 5.74) is -0.152. The van der Waals surface area contributed by atoms with Crippen molar-refractivity contribution >= 4 is 18.4 Å². The molecule has 3 heterocycles. The highest BCUT2D eigenvalue weighted by molar-refractivity contribution is 6.62. The summed E-state index contributed by atoms with van der Waals surface area (Å²) in [6.07, 6.45) is -2.46. The van der Waals surface area contributed by atoms with Gasteiger partial charge in [0.2, 0.25) is 0 Å². The minimum atomic E-state index is -4.15. The van der Waals surface area contributed by atoms with E-state index in [1.165, 1.54) is 0 Å². The molecule has 0 bridgehead atoms. The monoisotopic (exact) mass is 342 g/mol. The molecule has 3 rings (SSSR count). The summed E-state index contributed by atoms with van der Waals surface area (Å²) in [5, 5.41) is 0. The molecule has 2 aliphatic heterocycles. The molecule has 132 valence electrons. The molecule has 0 aromatic carbocycles. The molecular weight excluding hydrogens is 320 g/mol. The number of hydrogen-bond donors (Lipinski definition) is 0. The molecular formula is C16H22BF3N2O2. The molecule has 0 N–H and O–H groups in total. The van der Waals surface area contributed by atoms with E-state index in [1.54, 1.807) is 23.2 Å². The second-order valence-corrected chi connectivity index (χ2v) is 7.51. The van der Waals surface area contributed by atoms with Gasteiger partial charge in [0.25, 0.3) is 0 Å². The van der Waals surface area contributed by atoms with Gasteiger partial charge in [-0.05, 0) is 51.7 Å². The van der Waals surface area contributed by atoms with Gasteiger partial charge in [0.15, 0.2) is 0 Å². The average Bonchev–Trinajstić information content (AvgIpc) is 3.02. The number of halogens is 3. The van der Waals surface area contributed by atoms with Crippen LogP contribution >= 0.6 is 0 Å². The lowest BCUT2D eigenvalue weighted by atomic mass is 9.79. The normalized spacial score (nSPS) is 26.2. The van der Waals surface area contributed by atoms with E-state index in [4.69, 9.17) is 9.31 Å². The smallest absolute Gasteiger partial charge is 0.399 e. The lowest BCUT2D eigenvalue weighted by Gasteiger charge is -2.32. The molecule has 2 aliphatic rings. The van der Waals surface area contributed by atoms with Crippen molar-refractivity contribution in [2.45, 2.75) is 51.5 Å². The zero-order chi connectivity index (χ0) is 17.8. The van der Waals surface area contributed by atoms with E-state index in [-0.39, 0.29) is 13.0 Å². The van der Waals surface area contributed by atoms with Gasteiger partial charge in [0, 0.05) is 19.3 Å². The molecule has 0 amide bonds. The number of anilines is 1. The van der Waals surface area contributed by atoms with Gasteiger partial charge in [-0.2, -0.15) is 13.2 Å². The van der Waals surface area contributed by atoms with Crippen molar-refractivity contribution in [3.63, 3.8) is 0 Å². The van der Waals surface area contributed by atoms with Gasteiger partial charge in [-0.1, -0.05) is 0 Å². The van der Waals surface area contributed by atoms with Crippen LogP contribution in [0.25, 0.3) is 0 Å². The van der Waals surface area contributed by atoms with Crippen molar-refractivity contribution in [1.29, 1.82) is 0 Å². The molecule has 24 heavy (non-hydrogen) atoms. The standard InChI is InChI=1S/C16H22BF3N2O2/c1-14(2)15(3,4)24-17(23-14)12-5-7-21-13(9-12)22-8-6-11(10-22)16(18,19)20/h5,7,9,11H,6,8,10H2,1-4H3. The molecule has 0 aliphatic carbocycles. The first-order chi connectivity index (χ1) is 11.0. The Balaban J connectivity index is 1.77. The fraction of sp³-hybridized carbons (Fsp3) is 0.688. The number of pyridine rings is 1. The van der Waals surface area contributed by atoms with Crippen LogP contribution in [-0.4, -0.2) is 42.6 Å². The zero-order valence-corrected chi connectivity index (χ0v) is 14.4. The Bertz CT molecular complexity index is 606. The quantitative estimate of drug-likeness (QED) is 0.775. The number of rotatable bonds is 2. The van der Waals surface area contributed by atoms with Gasteiger partial charge in [0.05, 0.1) is 17.1 Å². The molecule has 1 unspecified atom stereocenters. The summed E-state index contributed by atoms with van der Waals surface area (Å²) in [7, 11) is -0.544. The maximum atomic E-state index is 12.9. The first-order valence-electron chi connectivity index (χ1n) is 8.13. The highest BCUT2D eigenvalue weighted by atomic mass is 19.4. The maximum Gasteiger partial charge on any atom is 0.495 e. The number of aromatic nitrogens is 1. The van der Waals surface area contributed by atoms with E-state index >= 15 is 0 Å². The molecule has 0 spiro atoms. The first-order valence-corrected chi connectivity index (χ1v) is 8.13. The highest BCUT2D eigenvalue weighted by Crippen LogP contribution is 2.37. The first kappa shape index (κ1) is 17.5. The van der Waals surface area contributed by atoms with Crippen molar-refractivity contribution in [2.24, 2.45) is 5.92 Å². The van der Waals surface area contributed by atoms with Gasteiger partial charge in [0.1, 0.15) is 5.82 Å². The van der Waals surface area contributed by atoms with Crippen LogP contribution in [0.2, 0.25) is 0 Å². The fourth-order valence-corrected chi connectivity index (χ4v) is 2.97. The number of alkyl halides is 3. The van der Waals surface area contributed by atoms with E-state index in [9.17, 15) is 13.2 Å². The summed E-state index contributed by atoms with van der Waals surface area (Å²) < 4.78 is 50.6. The Hall–Kier alpha value is -1.28. The summed E-state index contributed by atoms with van der Waals surface area (Å²) in [6, 6.07) is 3.55. The van der Waals surface area contributed by atoms with E-state index in [2.05, 4.69) is 4.98 Å². The number of hydrogen-bond acceptors (Lipinski definition) is 4. The van der Waals surface area contributed by atoms with Gasteiger partial charge in [-0.3, -0.25) is 0 Å². The van der Waals surface area contributed by atoms with Crippen molar-refractivity contribution in [2.75, 3.05) is 18.0 Å². The highest BCUT2D eigenvalue weighted by Gasteiger charge is 2.52. The molecule has 1 aromatic heterocycles. The van der Waals surface area contributed by atoms with Crippen LogP contribution in [0.5, 0.6) is 0 Å². The largest absolute Gasteiger partial charge is 0.495 e. The Morgan fingerprint density at radius 2 is 1.83 bits per heavy atom. The zero-order valence-electron chi connectivity index (χ0n) is 14.4. The molecule has 0 saturated carbocycles. The van der Waals surface area contributed by atoms with E-state index < -0.39 is 30.4 Å². The lowest BCUT2D eigenvalue weighted by molar-refractivity contribution is -0.168. The maximum absolute atomic E-state index is 12.9. The second kappa shape index (κ2) is 5.63. The minimum absolute atomic E-state index is 0.0523. The fourth-order valence-electron chi connectivity index (χ4n) is 2.97. The van der Waals surface area contributed by atoms with Crippen molar-refractivity contribution in [1.82, 2.24) is 4.98 Å². The minimum Gasteiger partial charge on any atom is -0.399 e. The summed E-state index contributed by atoms with van der Waals surface area (Å²) in [6.45, 7) is 8.15. The Labute approximate surface area is 140 Å². The van der Waals surface area contributed by atoms with E-state index in [0.717, 1.165) is 5.46 Å². The molecule has 1 aromatic rings. The van der Waals surface area contributed by atoms with Gasteiger partial charge < -0.3 is 14.2 Å². The van der Waals surface area contributed by atoms with Crippen molar-refractivity contribution in [3.8, 4) is 0 Å². The molecule has 0 radical (unpaired) electrons. The van der Waals surface area contributed by atoms with Crippen LogP contribution in [-0.2, 0) is 9.31 Å². The Morgan fingerprint density at radius 1 is 1.21 bits per heavy atom. The Kier molecular flexibility index (Phi) is 4.11. The van der Waals surface area contributed by atoms with Gasteiger partial charge >= 0.3 is 13.3 Å². The van der Waals surface area contributed by atoms with Crippen LogP contribution < -0.4 is 10.4 Å². The topological polar surface area (TPSA) is 34.6 Å². The molecule has 4 nitrogen and oxygen atoms in total. The SMILES string of the molecule is CC1(C)OB(c2ccnc(N3CCC(C(F)(F)F)C3)c2)OC1(C)C. The molecule has 8 heteroatoms. The van der Waals surface area contributed by atoms with Crippen LogP contribution in [0, 0.1) is 5.92 Å². The van der Waals surface area contributed by atoms with Gasteiger partial charge in [-0.15, -0.1) is 0 Å². The van der Waals surface area contributed by atoms with E-state index in [1.807, 2.05) is 27.7 Å². The Morgan fingerprint density at radius 3 is 2.38 bits per heavy atom. The average molecular weight is 342 g/mol. The third kappa shape index (κ3) is 3.13. The van der Waals surface area contributed by atoms with Gasteiger partial charge in [-0.25, -0.2) is 4.98 Å². The van der Waals surface area contributed by atoms with Crippen molar-refractivity contribution < 1.29 is 22.5 Å². The van der Waals surface area contributed by atoms with E-state index in [0.29, 0.717) is 12.4 Å². The predicted molar refractivity (Wildman–Crippen MR) is 86.3 cm³/mol. The third-order valence-electron chi connectivity index (χ3n) is 5.27. The molecule has 2 saturated heterocycles. The number of nitrogens with zero attached hydrogens (tertiary/aromatic N) is 2.